The van der Waals surface area contributed by atoms with Crippen LogP contribution in [0.3, 0.4) is 0 Å². The van der Waals surface area contributed by atoms with Gasteiger partial charge in [0.05, 0.1) is 24.3 Å². The molecule has 19 heteroatoms. The van der Waals surface area contributed by atoms with Crippen molar-refractivity contribution in [3.8, 4) is 16.4 Å². The predicted molar refractivity (Wildman–Crippen MR) is 281 cm³/mol. The number of aromatic nitrogens is 5. The lowest BCUT2D eigenvalue weighted by Gasteiger charge is -2.36. The summed E-state index contributed by atoms with van der Waals surface area (Å²) >= 11 is 7.94. The molecule has 2 aliphatic heterocycles. The van der Waals surface area contributed by atoms with Crippen LogP contribution in [0.25, 0.3) is 21.7 Å². The minimum Gasteiger partial charge on any atom is -0.490 e. The molecule has 1 aliphatic carbocycles. The van der Waals surface area contributed by atoms with Crippen molar-refractivity contribution in [1.29, 1.82) is 0 Å². The highest BCUT2D eigenvalue weighted by molar-refractivity contribution is 7.15. The molecule has 74 heavy (non-hydrogen) atoms. The number of aryl methyl sites for hydroxylation is 3. The van der Waals surface area contributed by atoms with Crippen molar-refractivity contribution in [1.82, 2.24) is 45.2 Å². The van der Waals surface area contributed by atoms with Crippen LogP contribution < -0.4 is 20.7 Å². The Labute approximate surface area is 437 Å². The summed E-state index contributed by atoms with van der Waals surface area (Å²) in [6.45, 7) is 15.3. The van der Waals surface area contributed by atoms with Crippen LogP contribution in [0.4, 0.5) is 0 Å². The number of imidazole rings is 1. The van der Waals surface area contributed by atoms with E-state index in [4.69, 9.17) is 25.7 Å². The van der Waals surface area contributed by atoms with Crippen LogP contribution in [0.2, 0.25) is 5.02 Å². The first-order chi connectivity index (χ1) is 35.3. The van der Waals surface area contributed by atoms with Crippen LogP contribution in [0.1, 0.15) is 121 Å². The first kappa shape index (κ1) is 50.4. The lowest BCUT2D eigenvalue weighted by atomic mass is 9.85. The van der Waals surface area contributed by atoms with Crippen molar-refractivity contribution >= 4 is 63.2 Å². The average Bonchev–Trinajstić information content (AvgIpc) is 4.20. The number of aliphatic hydroxyl groups excluding tert-OH is 1. The Morgan fingerprint density at radius 3 is 2.38 bits per heavy atom. The molecule has 17 nitrogen and oxygen atoms in total. The van der Waals surface area contributed by atoms with Crippen molar-refractivity contribution in [3.05, 3.63) is 141 Å². The van der Waals surface area contributed by atoms with E-state index < -0.39 is 47.4 Å². The molecule has 0 unspecified atom stereocenters. The number of aliphatic hydroxyl groups is 1. The number of furan rings is 1. The number of hydrogen-bond donors (Lipinski definition) is 4. The summed E-state index contributed by atoms with van der Waals surface area (Å²) < 4.78 is 16.3. The second-order valence-electron chi connectivity index (χ2n) is 20.7. The molecule has 5 atom stereocenters. The van der Waals surface area contributed by atoms with Gasteiger partial charge in [-0.2, -0.15) is 0 Å². The monoisotopic (exact) mass is 1040 g/mol. The van der Waals surface area contributed by atoms with Gasteiger partial charge in [0.15, 0.2) is 11.6 Å². The number of hydrogen-bond acceptors (Lipinski definition) is 12. The number of carbonyl (C=O) groups is 4. The van der Waals surface area contributed by atoms with Gasteiger partial charge < -0.3 is 39.7 Å². The molecule has 6 heterocycles. The number of amides is 4. The summed E-state index contributed by atoms with van der Waals surface area (Å²) in [4.78, 5) is 67.9. The zero-order valence-electron chi connectivity index (χ0n) is 42.5. The summed E-state index contributed by atoms with van der Waals surface area (Å²) in [6.07, 6.45) is 3.86. The Bertz CT molecular complexity index is 3330. The fourth-order valence-corrected chi connectivity index (χ4v) is 11.4. The fourth-order valence-electron chi connectivity index (χ4n) is 10.1. The number of nitrogens with one attached hydrogen (secondary N) is 3. The number of benzene rings is 3. The van der Waals surface area contributed by atoms with E-state index in [2.05, 4.69) is 45.0 Å². The second-order valence-corrected chi connectivity index (χ2v) is 22.4. The van der Waals surface area contributed by atoms with Gasteiger partial charge in [-0.05, 0) is 99.7 Å². The van der Waals surface area contributed by atoms with Gasteiger partial charge in [-0.1, -0.05) is 56.6 Å². The van der Waals surface area contributed by atoms with E-state index in [9.17, 15) is 24.3 Å². The largest absolute Gasteiger partial charge is 0.490 e. The standard InChI is InChI=1S/C55H59ClN10O7S/c1-28-30(3)74-54-47(28)48(34-9-13-36(56)14-10-34)60-42(50-63-62-32(5)66(50)54)26-46(68)59-37-23-41(24-37)72-40-17-18-44-35(21-40)22-45(73-44)52(70)61-49(55(6,7)8)53(71)65-27-39(67)25-43(65)51(69)58-29(2)33-11-15-38(16-12-33)64-20-19-57-31(64)4/h9-22,29,37,39,41-43,49,67H,23-27H2,1-8H3,(H,58,69)(H,59,68)(H,61,70)/t29-,37?,39+,41?,42-,43-,49+/m0/s1. The Hall–Kier alpha value is -7.15. The summed E-state index contributed by atoms with van der Waals surface area (Å²) in [5, 5.41) is 31.0. The van der Waals surface area contributed by atoms with Gasteiger partial charge in [0.25, 0.3) is 5.91 Å². The van der Waals surface area contributed by atoms with Crippen LogP contribution in [-0.2, 0) is 14.4 Å². The molecular weight excluding hydrogens is 980 g/mol. The minimum atomic E-state index is -1.06. The van der Waals surface area contributed by atoms with Crippen LogP contribution in [0.15, 0.2) is 94.6 Å². The molecule has 0 bridgehead atoms. The van der Waals surface area contributed by atoms with Gasteiger partial charge in [0.2, 0.25) is 17.7 Å². The normalized spacial score (nSPS) is 20.2. The molecule has 4 aromatic heterocycles. The molecule has 4 amide bonds. The molecule has 2 fully saturated rings. The Morgan fingerprint density at radius 1 is 0.932 bits per heavy atom. The second kappa shape index (κ2) is 19.9. The van der Waals surface area contributed by atoms with Gasteiger partial charge in [-0.15, -0.1) is 21.5 Å². The van der Waals surface area contributed by atoms with Gasteiger partial charge >= 0.3 is 0 Å². The number of likely N-dealkylation sites (tertiary alicyclic amines) is 1. The fraction of sp³-hybridized carbons (Fsp3) is 0.382. The van der Waals surface area contributed by atoms with Crippen LogP contribution in [-0.4, -0.2) is 101 Å². The molecular formula is C55H59ClN10O7S. The van der Waals surface area contributed by atoms with E-state index in [0.717, 1.165) is 55.2 Å². The maximum atomic E-state index is 14.4. The highest BCUT2D eigenvalue weighted by Gasteiger charge is 2.45. The van der Waals surface area contributed by atoms with E-state index in [0.29, 0.717) is 40.4 Å². The molecule has 0 radical (unpaired) electrons. The number of β-amino-alcohol motifs (C(OH)–C–C–N with tert-alkyl or cyclic N) is 1. The molecule has 1 saturated heterocycles. The van der Waals surface area contributed by atoms with E-state index in [1.807, 2.05) is 105 Å². The highest BCUT2D eigenvalue weighted by Crippen LogP contribution is 2.40. The topological polar surface area (TPSA) is 211 Å². The number of ether oxygens (including phenoxy) is 1. The number of carbonyl (C=O) groups excluding carboxylic acids is 4. The quantitative estimate of drug-likeness (QED) is 0.0871. The van der Waals surface area contributed by atoms with Crippen molar-refractivity contribution in [2.24, 2.45) is 10.4 Å². The average molecular weight is 1040 g/mol. The Kier molecular flexibility index (Phi) is 13.6. The molecule has 4 N–H and O–H groups in total. The minimum absolute atomic E-state index is 0.00280. The number of rotatable bonds is 13. The summed E-state index contributed by atoms with van der Waals surface area (Å²) in [5.41, 5.74) is 5.27. The summed E-state index contributed by atoms with van der Waals surface area (Å²) in [6, 6.07) is 19.2. The lowest BCUT2D eigenvalue weighted by molar-refractivity contribution is -0.142. The molecule has 3 aliphatic rings. The number of halogens is 1. The third kappa shape index (κ3) is 9.97. The third-order valence-electron chi connectivity index (χ3n) is 14.3. The van der Waals surface area contributed by atoms with E-state index in [-0.39, 0.29) is 49.2 Å². The molecule has 1 saturated carbocycles. The Morgan fingerprint density at radius 2 is 1.68 bits per heavy atom. The summed E-state index contributed by atoms with van der Waals surface area (Å²) in [5.74, 6) is 1.11. The van der Waals surface area contributed by atoms with Crippen molar-refractivity contribution in [3.63, 3.8) is 0 Å². The van der Waals surface area contributed by atoms with E-state index in [1.165, 1.54) is 4.90 Å². The molecule has 3 aromatic carbocycles. The molecule has 384 valence electrons. The third-order valence-corrected chi connectivity index (χ3v) is 15.8. The maximum Gasteiger partial charge on any atom is 0.287 e. The zero-order chi connectivity index (χ0) is 52.3. The number of fused-ring (bicyclic) bond motifs is 4. The predicted octanol–water partition coefficient (Wildman–Crippen LogP) is 8.14. The smallest absolute Gasteiger partial charge is 0.287 e. The first-order valence-electron chi connectivity index (χ1n) is 24.9. The maximum absolute atomic E-state index is 14.4. The zero-order valence-corrected chi connectivity index (χ0v) is 44.0. The van der Waals surface area contributed by atoms with E-state index >= 15 is 0 Å². The van der Waals surface area contributed by atoms with Crippen LogP contribution >= 0.6 is 22.9 Å². The van der Waals surface area contributed by atoms with Crippen LogP contribution in [0.5, 0.6) is 5.75 Å². The molecule has 7 aromatic rings. The lowest BCUT2D eigenvalue weighted by Crippen LogP contribution is -2.57. The molecule has 10 rings (SSSR count). The van der Waals surface area contributed by atoms with Gasteiger partial charge in [-0.3, -0.25) is 28.7 Å². The Balaban J connectivity index is 0.754. The number of aliphatic imine (C=N–C) groups is 1. The summed E-state index contributed by atoms with van der Waals surface area (Å²) in [7, 11) is 0. The van der Waals surface area contributed by atoms with Crippen molar-refractivity contribution < 1.29 is 33.4 Å². The first-order valence-corrected chi connectivity index (χ1v) is 26.0. The van der Waals surface area contributed by atoms with E-state index in [1.54, 1.807) is 41.8 Å². The molecule has 0 spiro atoms. The number of thiophene rings is 1. The van der Waals surface area contributed by atoms with Gasteiger partial charge in [0.1, 0.15) is 52.2 Å². The number of nitrogens with zero attached hydrogens (tertiary/aromatic N) is 7. The highest BCUT2D eigenvalue weighted by atomic mass is 35.5. The van der Waals surface area contributed by atoms with Gasteiger partial charge in [-0.25, -0.2) is 4.98 Å². The van der Waals surface area contributed by atoms with Gasteiger partial charge in [0, 0.05) is 76.3 Å². The van der Waals surface area contributed by atoms with Crippen LogP contribution in [0, 0.1) is 33.1 Å². The van der Waals surface area contributed by atoms with Crippen molar-refractivity contribution in [2.75, 3.05) is 6.54 Å². The van der Waals surface area contributed by atoms with Crippen molar-refractivity contribution in [2.45, 2.75) is 123 Å². The SMILES string of the molecule is Cc1sc2c(c1C)C(c1ccc(Cl)cc1)=N[C@@H](CC(=O)NC1CC(Oc3ccc4oc(C(=O)N[C@H](C(=O)N5C[C@H](O)C[C@H]5C(=O)N[C@@H](C)c5ccc(-n6ccnc6C)cc5)C(C)(C)C)cc4c3)C1)c1nnc(C)n1-2.